The zero-order chi connectivity index (χ0) is 18.2. The summed E-state index contributed by atoms with van der Waals surface area (Å²) < 4.78 is 5.32. The van der Waals surface area contributed by atoms with Crippen molar-refractivity contribution in [3.05, 3.63) is 41.0 Å². The minimum Gasteiger partial charge on any atom is -0.361 e. The molecule has 0 bridgehead atoms. The second-order valence-electron chi connectivity index (χ2n) is 6.93. The third kappa shape index (κ3) is 3.35. The fraction of sp³-hybridized carbons (Fsp3) is 0.500. The number of halogens is 1. The van der Waals surface area contributed by atoms with Gasteiger partial charge in [0, 0.05) is 24.3 Å². The van der Waals surface area contributed by atoms with Crippen molar-refractivity contribution in [3.8, 4) is 0 Å². The maximum atomic E-state index is 13.3. The maximum absolute atomic E-state index is 13.3. The van der Waals surface area contributed by atoms with Crippen LogP contribution in [0.1, 0.15) is 44.4 Å². The second-order valence-corrected chi connectivity index (χ2v) is 7.37. The Morgan fingerprint density at radius 1 is 1.36 bits per heavy atom. The van der Waals surface area contributed by atoms with Gasteiger partial charge in [-0.3, -0.25) is 4.79 Å². The predicted octanol–water partition coefficient (Wildman–Crippen LogP) is 3.61. The number of aryl methyl sites for hydroxylation is 1. The van der Waals surface area contributed by atoms with Crippen LogP contribution in [0.15, 0.2) is 28.8 Å². The lowest BCUT2D eigenvalue weighted by Gasteiger charge is -2.39. The van der Waals surface area contributed by atoms with E-state index in [0.717, 1.165) is 18.5 Å². The maximum Gasteiger partial charge on any atom is 0.249 e. The molecular weight excluding hydrogens is 340 g/mol. The summed E-state index contributed by atoms with van der Waals surface area (Å²) in [6, 6.07) is 7.34. The highest BCUT2D eigenvalue weighted by molar-refractivity contribution is 6.30. The Morgan fingerprint density at radius 2 is 2.04 bits per heavy atom. The van der Waals surface area contributed by atoms with E-state index in [1.807, 2.05) is 55.0 Å². The monoisotopic (exact) mass is 362 g/mol. The zero-order valence-electron chi connectivity index (χ0n) is 15.0. The Hall–Kier alpha value is -2.08. The molecule has 1 saturated heterocycles. The standard InChI is InChI=1S/C18H23ClN4O2/c1-12-20-16(25-21-12)15-6-5-11-23(15)17(24)18(2,3)22(4)14-9-7-13(19)8-10-14/h7-10,15H,5-6,11H2,1-4H3/t15-/m0/s1. The number of hydrogen-bond acceptors (Lipinski definition) is 5. The van der Waals surface area contributed by atoms with Crippen LogP contribution in [0.5, 0.6) is 0 Å². The summed E-state index contributed by atoms with van der Waals surface area (Å²) >= 11 is 5.97. The van der Waals surface area contributed by atoms with Crippen molar-refractivity contribution in [2.45, 2.75) is 45.2 Å². The number of anilines is 1. The lowest BCUT2D eigenvalue weighted by Crippen LogP contribution is -2.54. The highest BCUT2D eigenvalue weighted by Crippen LogP contribution is 2.35. The van der Waals surface area contributed by atoms with E-state index in [4.69, 9.17) is 16.1 Å². The van der Waals surface area contributed by atoms with Crippen LogP contribution in [0.4, 0.5) is 5.69 Å². The first-order chi connectivity index (χ1) is 11.8. The number of amides is 1. The molecule has 1 amide bonds. The van der Waals surface area contributed by atoms with Crippen LogP contribution >= 0.6 is 11.6 Å². The summed E-state index contributed by atoms with van der Waals surface area (Å²) in [6.45, 7) is 6.34. The number of benzene rings is 1. The van der Waals surface area contributed by atoms with Gasteiger partial charge in [-0.25, -0.2) is 0 Å². The molecule has 1 aromatic heterocycles. The van der Waals surface area contributed by atoms with Gasteiger partial charge in [0.05, 0.1) is 0 Å². The molecule has 1 fully saturated rings. The number of rotatable bonds is 4. The van der Waals surface area contributed by atoms with E-state index in [0.29, 0.717) is 23.3 Å². The molecule has 0 spiro atoms. The van der Waals surface area contributed by atoms with Crippen LogP contribution in [-0.2, 0) is 4.79 Å². The second kappa shape index (κ2) is 6.67. The van der Waals surface area contributed by atoms with Gasteiger partial charge in [0.15, 0.2) is 5.82 Å². The molecule has 7 heteroatoms. The van der Waals surface area contributed by atoms with Crippen molar-refractivity contribution in [1.29, 1.82) is 0 Å². The van der Waals surface area contributed by atoms with E-state index in [2.05, 4.69) is 10.1 Å². The molecule has 0 N–H and O–H groups in total. The number of likely N-dealkylation sites (N-methyl/N-ethyl adjacent to an activating group) is 1. The Balaban J connectivity index is 1.83. The molecule has 0 saturated carbocycles. The van der Waals surface area contributed by atoms with Crippen LogP contribution in [0.3, 0.4) is 0 Å². The molecule has 0 radical (unpaired) electrons. The quantitative estimate of drug-likeness (QED) is 0.831. The minimum atomic E-state index is -0.717. The van der Waals surface area contributed by atoms with E-state index in [-0.39, 0.29) is 11.9 Å². The van der Waals surface area contributed by atoms with Crippen molar-refractivity contribution in [3.63, 3.8) is 0 Å². The van der Waals surface area contributed by atoms with Crippen LogP contribution in [0, 0.1) is 6.92 Å². The summed E-state index contributed by atoms with van der Waals surface area (Å²) in [5, 5.41) is 4.53. The van der Waals surface area contributed by atoms with Crippen LogP contribution in [0.25, 0.3) is 0 Å². The van der Waals surface area contributed by atoms with Gasteiger partial charge in [0.2, 0.25) is 11.8 Å². The molecule has 6 nitrogen and oxygen atoms in total. The van der Waals surface area contributed by atoms with E-state index < -0.39 is 5.54 Å². The number of likely N-dealkylation sites (tertiary alicyclic amines) is 1. The van der Waals surface area contributed by atoms with E-state index in [1.54, 1.807) is 6.92 Å². The largest absolute Gasteiger partial charge is 0.361 e. The SMILES string of the molecule is Cc1noc([C@@H]2CCCN2C(=O)C(C)(C)N(C)c2ccc(Cl)cc2)n1. The lowest BCUT2D eigenvalue weighted by molar-refractivity contribution is -0.137. The topological polar surface area (TPSA) is 62.5 Å². The zero-order valence-corrected chi connectivity index (χ0v) is 15.7. The molecule has 3 rings (SSSR count). The Kier molecular flexibility index (Phi) is 4.73. The predicted molar refractivity (Wildman–Crippen MR) is 96.7 cm³/mol. The van der Waals surface area contributed by atoms with Gasteiger partial charge in [-0.05, 0) is 57.9 Å². The molecule has 1 atom stereocenters. The van der Waals surface area contributed by atoms with Gasteiger partial charge in [-0.1, -0.05) is 16.8 Å². The molecular formula is C18H23ClN4O2. The van der Waals surface area contributed by atoms with Crippen LogP contribution in [-0.4, -0.2) is 40.1 Å². The molecule has 1 aromatic carbocycles. The average molecular weight is 363 g/mol. The van der Waals surface area contributed by atoms with Gasteiger partial charge in [0.1, 0.15) is 11.6 Å². The first kappa shape index (κ1) is 17.7. The number of nitrogens with zero attached hydrogens (tertiary/aromatic N) is 4. The molecule has 1 aliphatic heterocycles. The molecule has 2 heterocycles. The third-order valence-electron chi connectivity index (χ3n) is 4.92. The Morgan fingerprint density at radius 3 is 2.64 bits per heavy atom. The van der Waals surface area contributed by atoms with Gasteiger partial charge in [0.25, 0.3) is 0 Å². The molecule has 0 unspecified atom stereocenters. The fourth-order valence-electron chi connectivity index (χ4n) is 3.20. The van der Waals surface area contributed by atoms with Gasteiger partial charge in [-0.15, -0.1) is 0 Å². The highest BCUT2D eigenvalue weighted by Gasteiger charge is 2.42. The normalized spacial score (nSPS) is 17.8. The number of hydrogen-bond donors (Lipinski definition) is 0. The van der Waals surface area contributed by atoms with Crippen LogP contribution in [0.2, 0.25) is 5.02 Å². The summed E-state index contributed by atoms with van der Waals surface area (Å²) in [5.74, 6) is 1.16. The average Bonchev–Trinajstić information content (AvgIpc) is 3.22. The van der Waals surface area contributed by atoms with Crippen molar-refractivity contribution >= 4 is 23.2 Å². The summed E-state index contributed by atoms with van der Waals surface area (Å²) in [6.07, 6.45) is 1.77. The summed E-state index contributed by atoms with van der Waals surface area (Å²) in [7, 11) is 1.92. The van der Waals surface area contributed by atoms with Gasteiger partial charge >= 0.3 is 0 Å². The molecule has 0 aliphatic carbocycles. The highest BCUT2D eigenvalue weighted by atomic mass is 35.5. The summed E-state index contributed by atoms with van der Waals surface area (Å²) in [4.78, 5) is 21.5. The molecule has 25 heavy (non-hydrogen) atoms. The van der Waals surface area contributed by atoms with Crippen LogP contribution < -0.4 is 4.90 Å². The number of carbonyl (C=O) groups excluding carboxylic acids is 1. The number of carbonyl (C=O) groups is 1. The van der Waals surface area contributed by atoms with Gasteiger partial charge < -0.3 is 14.3 Å². The molecule has 2 aromatic rings. The smallest absolute Gasteiger partial charge is 0.249 e. The van der Waals surface area contributed by atoms with Crippen molar-refractivity contribution in [1.82, 2.24) is 15.0 Å². The fourth-order valence-corrected chi connectivity index (χ4v) is 3.32. The first-order valence-corrected chi connectivity index (χ1v) is 8.79. The third-order valence-corrected chi connectivity index (χ3v) is 5.17. The van der Waals surface area contributed by atoms with E-state index >= 15 is 0 Å². The Labute approximate surface area is 152 Å². The van der Waals surface area contributed by atoms with Crippen molar-refractivity contribution in [2.75, 3.05) is 18.5 Å². The first-order valence-electron chi connectivity index (χ1n) is 8.41. The van der Waals surface area contributed by atoms with Crippen molar-refractivity contribution < 1.29 is 9.32 Å². The van der Waals surface area contributed by atoms with Gasteiger partial charge in [-0.2, -0.15) is 4.98 Å². The summed E-state index contributed by atoms with van der Waals surface area (Å²) in [5.41, 5.74) is 0.220. The van der Waals surface area contributed by atoms with E-state index in [9.17, 15) is 4.79 Å². The molecule has 134 valence electrons. The number of aromatic nitrogens is 2. The van der Waals surface area contributed by atoms with Crippen molar-refractivity contribution in [2.24, 2.45) is 0 Å². The lowest BCUT2D eigenvalue weighted by atomic mass is 9.99. The minimum absolute atomic E-state index is 0.0447. The molecule has 1 aliphatic rings. The van der Waals surface area contributed by atoms with E-state index in [1.165, 1.54) is 0 Å². The Bertz CT molecular complexity index is 757.